The van der Waals surface area contributed by atoms with Crippen LogP contribution in [0.25, 0.3) is 10.8 Å². The molecule has 0 bridgehead atoms. The van der Waals surface area contributed by atoms with Crippen molar-refractivity contribution in [1.82, 2.24) is 10.2 Å². The topological polar surface area (TPSA) is 69.6 Å². The molecule has 1 saturated heterocycles. The molecule has 1 aliphatic rings. The van der Waals surface area contributed by atoms with Gasteiger partial charge < -0.3 is 10.4 Å². The van der Waals surface area contributed by atoms with Crippen LogP contribution in [0.2, 0.25) is 0 Å². The van der Waals surface area contributed by atoms with E-state index < -0.39 is 12.0 Å². The SMILES string of the molecule is Cc1ccc(C(C(=O)O)N2CCNC(=O)C2)c2ccccc12. The Morgan fingerprint density at radius 1 is 1.23 bits per heavy atom. The van der Waals surface area contributed by atoms with Crippen molar-refractivity contribution in [2.75, 3.05) is 19.6 Å². The zero-order valence-corrected chi connectivity index (χ0v) is 12.4. The number of carboxylic acids is 1. The number of nitrogens with one attached hydrogen (secondary N) is 1. The van der Waals surface area contributed by atoms with Gasteiger partial charge in [0.2, 0.25) is 5.91 Å². The van der Waals surface area contributed by atoms with Crippen molar-refractivity contribution in [3.63, 3.8) is 0 Å². The number of nitrogens with zero attached hydrogens (tertiary/aromatic N) is 1. The highest BCUT2D eigenvalue weighted by Crippen LogP contribution is 2.30. The number of carboxylic acid groups (broad SMARTS) is 1. The molecule has 1 unspecified atom stereocenters. The predicted molar refractivity (Wildman–Crippen MR) is 83.6 cm³/mol. The molecule has 0 saturated carbocycles. The van der Waals surface area contributed by atoms with Gasteiger partial charge in [0.15, 0.2) is 0 Å². The van der Waals surface area contributed by atoms with Gasteiger partial charge in [-0.3, -0.25) is 14.5 Å². The van der Waals surface area contributed by atoms with Crippen LogP contribution in [-0.4, -0.2) is 41.5 Å². The van der Waals surface area contributed by atoms with E-state index in [1.54, 1.807) is 4.90 Å². The van der Waals surface area contributed by atoms with Crippen LogP contribution < -0.4 is 5.32 Å². The molecule has 1 aliphatic heterocycles. The Hall–Kier alpha value is -2.40. The van der Waals surface area contributed by atoms with E-state index in [1.807, 2.05) is 43.3 Å². The highest BCUT2D eigenvalue weighted by atomic mass is 16.4. The van der Waals surface area contributed by atoms with E-state index in [2.05, 4.69) is 5.32 Å². The first-order chi connectivity index (χ1) is 10.6. The Balaban J connectivity index is 2.11. The summed E-state index contributed by atoms with van der Waals surface area (Å²) in [6, 6.07) is 10.8. The fraction of sp³-hybridized carbons (Fsp3) is 0.294. The van der Waals surface area contributed by atoms with Crippen LogP contribution in [0.5, 0.6) is 0 Å². The van der Waals surface area contributed by atoms with E-state index in [-0.39, 0.29) is 12.5 Å². The van der Waals surface area contributed by atoms with Crippen LogP contribution in [0, 0.1) is 6.92 Å². The number of fused-ring (bicyclic) bond motifs is 1. The van der Waals surface area contributed by atoms with Crippen LogP contribution in [0.3, 0.4) is 0 Å². The summed E-state index contributed by atoms with van der Waals surface area (Å²) in [6.07, 6.45) is 0. The average molecular weight is 298 g/mol. The zero-order chi connectivity index (χ0) is 15.7. The maximum absolute atomic E-state index is 11.9. The quantitative estimate of drug-likeness (QED) is 0.905. The van der Waals surface area contributed by atoms with Crippen molar-refractivity contribution in [2.45, 2.75) is 13.0 Å². The number of piperazine rings is 1. The number of hydrogen-bond acceptors (Lipinski definition) is 3. The van der Waals surface area contributed by atoms with Crippen LogP contribution in [0.1, 0.15) is 17.2 Å². The Morgan fingerprint density at radius 2 is 1.95 bits per heavy atom. The molecule has 5 nitrogen and oxygen atoms in total. The van der Waals surface area contributed by atoms with Crippen LogP contribution in [-0.2, 0) is 9.59 Å². The van der Waals surface area contributed by atoms with Crippen LogP contribution >= 0.6 is 0 Å². The monoisotopic (exact) mass is 298 g/mol. The third-order valence-corrected chi connectivity index (χ3v) is 4.14. The van der Waals surface area contributed by atoms with Gasteiger partial charge in [0.25, 0.3) is 0 Å². The van der Waals surface area contributed by atoms with E-state index in [0.717, 1.165) is 21.9 Å². The van der Waals surface area contributed by atoms with Gasteiger partial charge in [-0.05, 0) is 28.8 Å². The van der Waals surface area contributed by atoms with Gasteiger partial charge in [-0.1, -0.05) is 36.4 Å². The lowest BCUT2D eigenvalue weighted by Gasteiger charge is -2.32. The summed E-state index contributed by atoms with van der Waals surface area (Å²) in [6.45, 7) is 3.13. The molecule has 22 heavy (non-hydrogen) atoms. The standard InChI is InChI=1S/C17H18N2O3/c1-11-6-7-14(13-5-3-2-4-12(11)13)16(17(21)22)19-9-8-18-15(20)10-19/h2-7,16H,8-10H2,1H3,(H,18,20)(H,21,22). The third-order valence-electron chi connectivity index (χ3n) is 4.14. The Kier molecular flexibility index (Phi) is 3.81. The van der Waals surface area contributed by atoms with Crippen molar-refractivity contribution >= 4 is 22.6 Å². The van der Waals surface area contributed by atoms with Gasteiger partial charge in [0.1, 0.15) is 6.04 Å². The van der Waals surface area contributed by atoms with E-state index in [4.69, 9.17) is 0 Å². The Bertz CT molecular complexity index is 742. The number of aliphatic carboxylic acids is 1. The number of amides is 1. The number of rotatable bonds is 3. The molecule has 114 valence electrons. The number of carbonyl (C=O) groups excluding carboxylic acids is 1. The molecule has 2 aromatic carbocycles. The second-order valence-corrected chi connectivity index (χ2v) is 5.58. The molecule has 2 N–H and O–H groups in total. The number of aryl methyl sites for hydroxylation is 1. The summed E-state index contributed by atoms with van der Waals surface area (Å²) in [4.78, 5) is 25.2. The first-order valence-corrected chi connectivity index (χ1v) is 7.30. The summed E-state index contributed by atoms with van der Waals surface area (Å²) in [5.41, 5.74) is 1.85. The van der Waals surface area contributed by atoms with E-state index in [1.165, 1.54) is 0 Å². The van der Waals surface area contributed by atoms with E-state index in [0.29, 0.717) is 13.1 Å². The van der Waals surface area contributed by atoms with Gasteiger partial charge in [0, 0.05) is 13.1 Å². The highest BCUT2D eigenvalue weighted by molar-refractivity contribution is 5.93. The van der Waals surface area contributed by atoms with E-state index >= 15 is 0 Å². The molecule has 1 amide bonds. The lowest BCUT2D eigenvalue weighted by Crippen LogP contribution is -2.50. The molecule has 3 rings (SSSR count). The second-order valence-electron chi connectivity index (χ2n) is 5.58. The fourth-order valence-electron chi connectivity index (χ4n) is 3.08. The number of hydrogen-bond donors (Lipinski definition) is 2. The minimum Gasteiger partial charge on any atom is -0.480 e. The zero-order valence-electron chi connectivity index (χ0n) is 12.4. The minimum absolute atomic E-state index is 0.110. The molecule has 1 heterocycles. The lowest BCUT2D eigenvalue weighted by molar-refractivity contribution is -0.144. The van der Waals surface area contributed by atoms with E-state index in [9.17, 15) is 14.7 Å². The molecule has 0 radical (unpaired) electrons. The summed E-state index contributed by atoms with van der Waals surface area (Å²) in [7, 11) is 0. The molecule has 1 fully saturated rings. The minimum atomic E-state index is -0.927. The average Bonchev–Trinajstić information content (AvgIpc) is 2.50. The molecule has 2 aromatic rings. The molecule has 0 spiro atoms. The molecule has 1 atom stereocenters. The Morgan fingerprint density at radius 3 is 2.64 bits per heavy atom. The molecular weight excluding hydrogens is 280 g/mol. The largest absolute Gasteiger partial charge is 0.480 e. The molecule has 0 aromatic heterocycles. The van der Waals surface area contributed by atoms with Gasteiger partial charge >= 0.3 is 5.97 Å². The van der Waals surface area contributed by atoms with Gasteiger partial charge in [-0.2, -0.15) is 0 Å². The van der Waals surface area contributed by atoms with Gasteiger partial charge in [-0.25, -0.2) is 0 Å². The number of benzene rings is 2. The predicted octanol–water partition coefficient (Wildman–Crippen LogP) is 1.71. The van der Waals surface area contributed by atoms with Crippen molar-refractivity contribution in [3.8, 4) is 0 Å². The maximum Gasteiger partial charge on any atom is 0.325 e. The van der Waals surface area contributed by atoms with Crippen LogP contribution in [0.4, 0.5) is 0 Å². The smallest absolute Gasteiger partial charge is 0.325 e. The summed E-state index contributed by atoms with van der Waals surface area (Å²) in [5.74, 6) is -1.06. The Labute approximate surface area is 128 Å². The summed E-state index contributed by atoms with van der Waals surface area (Å²) >= 11 is 0. The van der Waals surface area contributed by atoms with Crippen molar-refractivity contribution < 1.29 is 14.7 Å². The van der Waals surface area contributed by atoms with Crippen molar-refractivity contribution in [3.05, 3.63) is 47.5 Å². The molecule has 5 heteroatoms. The normalized spacial score (nSPS) is 17.2. The van der Waals surface area contributed by atoms with Crippen molar-refractivity contribution in [2.24, 2.45) is 0 Å². The summed E-state index contributed by atoms with van der Waals surface area (Å²) in [5, 5.41) is 14.4. The second kappa shape index (κ2) is 5.77. The fourth-order valence-corrected chi connectivity index (χ4v) is 3.08. The molecular formula is C17H18N2O3. The number of carbonyl (C=O) groups is 2. The molecule has 0 aliphatic carbocycles. The lowest BCUT2D eigenvalue weighted by atomic mass is 9.94. The maximum atomic E-state index is 11.9. The summed E-state index contributed by atoms with van der Waals surface area (Å²) < 4.78 is 0. The van der Waals surface area contributed by atoms with Gasteiger partial charge in [-0.15, -0.1) is 0 Å². The first kappa shape index (κ1) is 14.5. The van der Waals surface area contributed by atoms with Gasteiger partial charge in [0.05, 0.1) is 6.54 Å². The van der Waals surface area contributed by atoms with Crippen molar-refractivity contribution in [1.29, 1.82) is 0 Å². The van der Waals surface area contributed by atoms with Crippen LogP contribution in [0.15, 0.2) is 36.4 Å². The first-order valence-electron chi connectivity index (χ1n) is 7.30. The third kappa shape index (κ3) is 2.55. The highest BCUT2D eigenvalue weighted by Gasteiger charge is 2.32.